The van der Waals surface area contributed by atoms with Crippen LogP contribution in [0.15, 0.2) is 53.3 Å². The van der Waals surface area contributed by atoms with Crippen molar-refractivity contribution in [2.75, 3.05) is 0 Å². The lowest BCUT2D eigenvalue weighted by molar-refractivity contribution is 0.0697. The SMILES string of the molecule is CCCCc1c(Cl)n(CC2CCCCC2)c(=O)n1Cc1ccc(-c2ccccc2C(=O)O)cc1. The summed E-state index contributed by atoms with van der Waals surface area (Å²) < 4.78 is 3.63. The largest absolute Gasteiger partial charge is 0.478 e. The van der Waals surface area contributed by atoms with E-state index in [1.807, 2.05) is 41.0 Å². The highest BCUT2D eigenvalue weighted by Crippen LogP contribution is 2.28. The van der Waals surface area contributed by atoms with Crippen LogP contribution in [0.5, 0.6) is 0 Å². The van der Waals surface area contributed by atoms with E-state index < -0.39 is 5.97 Å². The first-order chi connectivity index (χ1) is 16.5. The number of hydrogen-bond acceptors (Lipinski definition) is 2. The Morgan fingerprint density at radius 2 is 1.74 bits per heavy atom. The fraction of sp³-hybridized carbons (Fsp3) is 0.429. The third-order valence-electron chi connectivity index (χ3n) is 6.96. The molecule has 3 aromatic rings. The summed E-state index contributed by atoms with van der Waals surface area (Å²) in [5.41, 5.74) is 3.69. The molecule has 0 amide bonds. The highest BCUT2D eigenvalue weighted by molar-refractivity contribution is 6.30. The Balaban J connectivity index is 1.62. The van der Waals surface area contributed by atoms with Crippen LogP contribution >= 0.6 is 11.6 Å². The molecule has 180 valence electrons. The number of aromatic carboxylic acids is 1. The molecule has 6 heteroatoms. The van der Waals surface area contributed by atoms with E-state index in [0.717, 1.165) is 48.9 Å². The molecule has 2 aromatic carbocycles. The third kappa shape index (κ3) is 5.30. The Morgan fingerprint density at radius 1 is 1.03 bits per heavy atom. The van der Waals surface area contributed by atoms with Gasteiger partial charge in [0.2, 0.25) is 0 Å². The van der Waals surface area contributed by atoms with Gasteiger partial charge in [0.1, 0.15) is 5.15 Å². The molecule has 0 radical (unpaired) electrons. The summed E-state index contributed by atoms with van der Waals surface area (Å²) in [6.45, 7) is 3.30. The molecule has 4 rings (SSSR count). The predicted octanol–water partition coefficient (Wildman–Crippen LogP) is 6.64. The minimum absolute atomic E-state index is 0.0259. The molecule has 1 aromatic heterocycles. The fourth-order valence-electron chi connectivity index (χ4n) is 5.04. The second-order valence-corrected chi connectivity index (χ2v) is 9.73. The summed E-state index contributed by atoms with van der Waals surface area (Å²) in [4.78, 5) is 25.0. The number of unbranched alkanes of at least 4 members (excludes halogenated alkanes) is 1. The number of benzene rings is 2. The first-order valence-electron chi connectivity index (χ1n) is 12.4. The molecular weight excluding hydrogens is 448 g/mol. The number of carboxylic acids is 1. The van der Waals surface area contributed by atoms with Gasteiger partial charge in [-0.2, -0.15) is 0 Å². The Labute approximate surface area is 206 Å². The van der Waals surface area contributed by atoms with Crippen molar-refractivity contribution < 1.29 is 9.90 Å². The van der Waals surface area contributed by atoms with Gasteiger partial charge in [-0.25, -0.2) is 9.59 Å². The zero-order valence-corrected chi connectivity index (χ0v) is 20.6. The van der Waals surface area contributed by atoms with Crippen LogP contribution < -0.4 is 5.69 Å². The van der Waals surface area contributed by atoms with Gasteiger partial charge in [0.25, 0.3) is 0 Å². The lowest BCUT2D eigenvalue weighted by atomic mass is 9.89. The summed E-state index contributed by atoms with van der Waals surface area (Å²) in [6, 6.07) is 14.8. The molecular formula is C28H33ClN2O3. The molecule has 0 bridgehead atoms. The average molecular weight is 481 g/mol. The van der Waals surface area contributed by atoms with Crippen molar-refractivity contribution in [2.45, 2.75) is 71.4 Å². The van der Waals surface area contributed by atoms with E-state index >= 15 is 0 Å². The molecule has 0 saturated heterocycles. The maximum Gasteiger partial charge on any atom is 0.336 e. The second-order valence-electron chi connectivity index (χ2n) is 9.37. The lowest BCUT2D eigenvalue weighted by Crippen LogP contribution is -2.28. The Morgan fingerprint density at radius 3 is 2.41 bits per heavy atom. The zero-order valence-electron chi connectivity index (χ0n) is 19.8. The summed E-state index contributed by atoms with van der Waals surface area (Å²) in [6.07, 6.45) is 8.89. The van der Waals surface area contributed by atoms with E-state index in [0.29, 0.717) is 29.7 Å². The highest BCUT2D eigenvalue weighted by atomic mass is 35.5. The van der Waals surface area contributed by atoms with Crippen LogP contribution in [-0.4, -0.2) is 20.2 Å². The smallest absolute Gasteiger partial charge is 0.336 e. The molecule has 1 N–H and O–H groups in total. The van der Waals surface area contributed by atoms with Crippen LogP contribution in [0, 0.1) is 5.92 Å². The molecule has 1 aliphatic carbocycles. The van der Waals surface area contributed by atoms with Gasteiger partial charge in [0.05, 0.1) is 17.8 Å². The van der Waals surface area contributed by atoms with Crippen LogP contribution in [0.1, 0.15) is 73.5 Å². The van der Waals surface area contributed by atoms with E-state index in [2.05, 4.69) is 6.92 Å². The van der Waals surface area contributed by atoms with E-state index in [9.17, 15) is 14.7 Å². The minimum Gasteiger partial charge on any atom is -0.478 e. The lowest BCUT2D eigenvalue weighted by Gasteiger charge is -2.21. The fourth-order valence-corrected chi connectivity index (χ4v) is 5.38. The molecule has 1 heterocycles. The van der Waals surface area contributed by atoms with Crippen molar-refractivity contribution in [3.8, 4) is 11.1 Å². The molecule has 0 unspecified atom stereocenters. The first-order valence-corrected chi connectivity index (χ1v) is 12.8. The third-order valence-corrected chi connectivity index (χ3v) is 7.38. The van der Waals surface area contributed by atoms with E-state index in [1.54, 1.807) is 16.7 Å². The first kappa shape index (κ1) is 24.3. The minimum atomic E-state index is -0.944. The second kappa shape index (κ2) is 11.1. The van der Waals surface area contributed by atoms with Crippen molar-refractivity contribution >= 4 is 17.6 Å². The number of imidazole rings is 1. The maximum absolute atomic E-state index is 13.4. The van der Waals surface area contributed by atoms with Crippen LogP contribution in [0.2, 0.25) is 5.15 Å². The van der Waals surface area contributed by atoms with Gasteiger partial charge in [0.15, 0.2) is 0 Å². The van der Waals surface area contributed by atoms with Crippen molar-refractivity contribution in [1.82, 2.24) is 9.13 Å². The van der Waals surface area contributed by atoms with Gasteiger partial charge < -0.3 is 5.11 Å². The molecule has 1 fully saturated rings. The molecule has 0 spiro atoms. The Kier molecular flexibility index (Phi) is 7.94. The summed E-state index contributed by atoms with van der Waals surface area (Å²) in [5.74, 6) is -0.423. The number of halogens is 1. The van der Waals surface area contributed by atoms with Crippen molar-refractivity contribution in [3.63, 3.8) is 0 Å². The number of hydrogen-bond donors (Lipinski definition) is 1. The Hall–Kier alpha value is -2.79. The normalized spacial score (nSPS) is 14.4. The molecule has 5 nitrogen and oxygen atoms in total. The number of carbonyl (C=O) groups is 1. The van der Waals surface area contributed by atoms with E-state index in [-0.39, 0.29) is 11.3 Å². The van der Waals surface area contributed by atoms with Gasteiger partial charge in [0, 0.05) is 6.54 Å². The van der Waals surface area contributed by atoms with Crippen LogP contribution in [0.3, 0.4) is 0 Å². The summed E-state index contributed by atoms with van der Waals surface area (Å²) >= 11 is 6.79. The van der Waals surface area contributed by atoms with Crippen molar-refractivity contribution in [2.24, 2.45) is 5.92 Å². The molecule has 1 aliphatic rings. The quantitative estimate of drug-likeness (QED) is 0.373. The molecule has 0 atom stereocenters. The molecule has 34 heavy (non-hydrogen) atoms. The van der Waals surface area contributed by atoms with Gasteiger partial charge >= 0.3 is 11.7 Å². The number of carboxylic acid groups (broad SMARTS) is 1. The monoisotopic (exact) mass is 480 g/mol. The van der Waals surface area contributed by atoms with E-state index in [1.165, 1.54) is 19.3 Å². The zero-order chi connectivity index (χ0) is 24.1. The standard InChI is InChI=1S/C28H33ClN2O3/c1-2-3-13-25-26(29)31(19-20-9-5-4-6-10-20)28(34)30(25)18-21-14-16-22(17-15-21)23-11-7-8-12-24(23)27(32)33/h7-8,11-12,14-17,20H,2-6,9-10,13,18-19H2,1H3,(H,32,33). The van der Waals surface area contributed by atoms with Crippen molar-refractivity contribution in [1.29, 1.82) is 0 Å². The van der Waals surface area contributed by atoms with Gasteiger partial charge in [-0.15, -0.1) is 0 Å². The van der Waals surface area contributed by atoms with Crippen LogP contribution in [0.4, 0.5) is 0 Å². The number of aromatic nitrogens is 2. The Bertz CT molecular complexity index is 1190. The topological polar surface area (TPSA) is 64.2 Å². The summed E-state index contributed by atoms with van der Waals surface area (Å²) in [5, 5.41) is 10.1. The highest BCUT2D eigenvalue weighted by Gasteiger charge is 2.22. The number of rotatable bonds is 9. The van der Waals surface area contributed by atoms with Gasteiger partial charge in [-0.3, -0.25) is 9.13 Å². The predicted molar refractivity (Wildman–Crippen MR) is 137 cm³/mol. The molecule has 1 saturated carbocycles. The summed E-state index contributed by atoms with van der Waals surface area (Å²) in [7, 11) is 0. The van der Waals surface area contributed by atoms with E-state index in [4.69, 9.17) is 11.6 Å². The maximum atomic E-state index is 13.4. The van der Waals surface area contributed by atoms with Crippen molar-refractivity contribution in [3.05, 3.63) is 81.0 Å². The average Bonchev–Trinajstić information content (AvgIpc) is 3.07. The molecule has 0 aliphatic heterocycles. The van der Waals surface area contributed by atoms with Crippen LogP contribution in [-0.2, 0) is 19.5 Å². The van der Waals surface area contributed by atoms with Gasteiger partial charge in [-0.05, 0) is 54.4 Å². The van der Waals surface area contributed by atoms with Crippen LogP contribution in [0.25, 0.3) is 11.1 Å². The van der Waals surface area contributed by atoms with Gasteiger partial charge in [-0.1, -0.05) is 86.7 Å². The number of nitrogens with zero attached hydrogens (tertiary/aromatic N) is 2.